The molecule has 3 heterocycles. The third-order valence-electron chi connectivity index (χ3n) is 3.69. The van der Waals surface area contributed by atoms with Crippen LogP contribution in [-0.2, 0) is 22.7 Å². The molecule has 0 bridgehead atoms. The van der Waals surface area contributed by atoms with Crippen molar-refractivity contribution < 1.29 is 47.6 Å². The van der Waals surface area contributed by atoms with Crippen molar-refractivity contribution in [2.45, 2.75) is 24.5 Å². The number of fused-ring (bicyclic) bond motifs is 1. The Morgan fingerprint density at radius 1 is 1.32 bits per heavy atom. The lowest BCUT2D eigenvalue weighted by atomic mass is 10.1. The summed E-state index contributed by atoms with van der Waals surface area (Å²) in [6.07, 6.45) is -4.43. The van der Waals surface area contributed by atoms with Crippen LogP contribution in [-0.4, -0.2) is 69.3 Å². The Morgan fingerprint density at radius 3 is 2.64 bits per heavy atom. The smallest absolute Gasteiger partial charge is 0.387 e. The van der Waals surface area contributed by atoms with Gasteiger partial charge in [-0.25, -0.2) is 19.1 Å². The predicted octanol–water partition coefficient (Wildman–Crippen LogP) is -1.08. The Balaban J connectivity index is 1.79. The maximum atomic E-state index is 11.5. The van der Waals surface area contributed by atoms with E-state index in [1.807, 2.05) is 0 Å². The topological polar surface area (TPSA) is 235 Å². The van der Waals surface area contributed by atoms with Crippen LogP contribution in [0.1, 0.15) is 6.23 Å². The maximum absolute atomic E-state index is 11.5. The first kappa shape index (κ1) is 21.4. The highest BCUT2D eigenvalue weighted by Gasteiger charge is 2.45. The van der Waals surface area contributed by atoms with E-state index in [2.05, 4.69) is 23.8 Å². The van der Waals surface area contributed by atoms with Gasteiger partial charge in [-0.15, -0.1) is 0 Å². The summed E-state index contributed by atoms with van der Waals surface area (Å²) in [7, 11) is -10.4. The van der Waals surface area contributed by atoms with Gasteiger partial charge in [0, 0.05) is 0 Å². The van der Waals surface area contributed by atoms with Gasteiger partial charge in [0.2, 0.25) is 0 Å². The average Bonchev–Trinajstić information content (AvgIpc) is 3.06. The zero-order chi connectivity index (χ0) is 20.9. The van der Waals surface area contributed by atoms with Crippen molar-refractivity contribution in [2.75, 3.05) is 12.3 Å². The normalized spacial score (nSPS) is 27.9. The van der Waals surface area contributed by atoms with Gasteiger partial charge < -0.3 is 40.3 Å². The third-order valence-corrected chi connectivity index (χ3v) is 6.12. The second kappa shape index (κ2) is 7.51. The van der Waals surface area contributed by atoms with Gasteiger partial charge in [0.05, 0.1) is 12.9 Å². The summed E-state index contributed by atoms with van der Waals surface area (Å²) in [4.78, 5) is 37.0. The average molecular weight is 459 g/mol. The molecule has 0 saturated carbocycles. The van der Waals surface area contributed by atoms with Crippen LogP contribution in [0.2, 0.25) is 0 Å². The minimum Gasteiger partial charge on any atom is -0.387 e. The molecule has 2 unspecified atom stereocenters. The highest BCUT2D eigenvalue weighted by atomic mass is 32.1. The van der Waals surface area contributed by atoms with Crippen molar-refractivity contribution >= 4 is 45.0 Å². The maximum Gasteiger partial charge on any atom is 0.481 e. The van der Waals surface area contributed by atoms with E-state index in [4.69, 9.17) is 32.5 Å². The summed E-state index contributed by atoms with van der Waals surface area (Å²) in [6.45, 7) is -0.825. The molecule has 8 N–H and O–H groups in total. The lowest BCUT2D eigenvalue weighted by molar-refractivity contribution is -0.0503. The molecule has 2 aromatic heterocycles. The van der Waals surface area contributed by atoms with Crippen molar-refractivity contribution in [1.82, 2.24) is 19.5 Å². The molecule has 0 spiro atoms. The lowest BCUT2D eigenvalue weighted by Gasteiger charge is -2.17. The summed E-state index contributed by atoms with van der Waals surface area (Å²) in [6, 6.07) is 0. The van der Waals surface area contributed by atoms with E-state index in [1.165, 1.54) is 10.9 Å². The van der Waals surface area contributed by atoms with Gasteiger partial charge in [-0.2, -0.15) is 4.31 Å². The number of nitrogens with one attached hydrogen (secondary N) is 1. The fraction of sp³-hybridized carbons (Fsp3) is 0.500. The Labute approximate surface area is 160 Å². The van der Waals surface area contributed by atoms with Gasteiger partial charge in [-0.3, -0.25) is 9.09 Å². The zero-order valence-electron chi connectivity index (χ0n) is 13.6. The lowest BCUT2D eigenvalue weighted by Crippen LogP contribution is -2.33. The molecule has 5 atom stereocenters. The number of aromatic amines is 1. The largest absolute Gasteiger partial charge is 0.481 e. The Hall–Kier alpha value is -1.29. The van der Waals surface area contributed by atoms with Crippen LogP contribution >= 0.6 is 27.9 Å². The van der Waals surface area contributed by atoms with E-state index in [1.54, 1.807) is 0 Å². The quantitative estimate of drug-likeness (QED) is 0.201. The van der Waals surface area contributed by atoms with Crippen LogP contribution in [0.4, 0.5) is 5.95 Å². The second-order valence-electron chi connectivity index (χ2n) is 5.66. The number of aliphatic hydroxyl groups excluding tert-OH is 2. The van der Waals surface area contributed by atoms with E-state index in [0.717, 1.165) is 0 Å². The highest BCUT2D eigenvalue weighted by Crippen LogP contribution is 2.57. The van der Waals surface area contributed by atoms with Gasteiger partial charge in [-0.1, -0.05) is 12.2 Å². The minimum atomic E-state index is -5.30. The first-order valence-corrected chi connectivity index (χ1v) is 10.8. The molecular formula is C10H15N5O10P2S. The summed E-state index contributed by atoms with van der Waals surface area (Å²) >= 11 is 5.03. The number of imidazole rings is 1. The second-order valence-corrected chi connectivity index (χ2v) is 8.88. The van der Waals surface area contributed by atoms with Crippen LogP contribution in [0.25, 0.3) is 11.2 Å². The summed E-state index contributed by atoms with van der Waals surface area (Å²) in [5.41, 5.74) is 6.10. The van der Waals surface area contributed by atoms with Gasteiger partial charge in [0.15, 0.2) is 16.8 Å². The summed E-state index contributed by atoms with van der Waals surface area (Å²) < 4.78 is 37.0. The predicted molar refractivity (Wildman–Crippen MR) is 92.0 cm³/mol. The number of ether oxygens (including phenoxy) is 1. The number of hydrogen-bond donors (Lipinski definition) is 7. The van der Waals surface area contributed by atoms with Gasteiger partial charge in [0.25, 0.3) is 0 Å². The number of aromatic nitrogens is 4. The van der Waals surface area contributed by atoms with Crippen LogP contribution in [0, 0.1) is 4.64 Å². The number of nitrogen functional groups attached to an aromatic ring is 1. The van der Waals surface area contributed by atoms with Crippen LogP contribution in [0.15, 0.2) is 6.33 Å². The molecule has 18 heteroatoms. The van der Waals surface area contributed by atoms with Crippen molar-refractivity contribution in [3.05, 3.63) is 11.0 Å². The molecule has 2 aromatic rings. The number of nitrogens with two attached hydrogens (primary N) is 1. The van der Waals surface area contributed by atoms with Crippen LogP contribution in [0.5, 0.6) is 0 Å². The number of hydrogen-bond acceptors (Lipinski definition) is 11. The zero-order valence-corrected chi connectivity index (χ0v) is 16.2. The molecular weight excluding hydrogens is 444 g/mol. The van der Waals surface area contributed by atoms with Crippen molar-refractivity contribution in [1.29, 1.82) is 0 Å². The number of nitrogens with zero attached hydrogens (tertiary/aromatic N) is 3. The van der Waals surface area contributed by atoms with Gasteiger partial charge >= 0.3 is 15.6 Å². The SMILES string of the molecule is Nc1nc(=S)c2ncn([C@@H]3O[C@H](COP(=O)(O)OP(=O)(O)O)[C@H](O)C3O)c2[nH]1. The molecule has 1 saturated heterocycles. The van der Waals surface area contributed by atoms with E-state index in [0.29, 0.717) is 0 Å². The fourth-order valence-electron chi connectivity index (χ4n) is 2.57. The number of phosphoric acid groups is 2. The Kier molecular flexibility index (Phi) is 5.75. The fourth-order valence-corrected chi connectivity index (χ4v) is 4.42. The number of aliphatic hydroxyl groups is 2. The molecule has 156 valence electrons. The Bertz CT molecular complexity index is 1040. The molecule has 28 heavy (non-hydrogen) atoms. The summed E-state index contributed by atoms with van der Waals surface area (Å²) in [5.74, 6) is -0.0250. The molecule has 0 aromatic carbocycles. The van der Waals surface area contributed by atoms with Gasteiger partial charge in [-0.05, 0) is 0 Å². The first-order valence-electron chi connectivity index (χ1n) is 7.36. The van der Waals surface area contributed by atoms with E-state index < -0.39 is 46.8 Å². The number of rotatable bonds is 6. The van der Waals surface area contributed by atoms with E-state index in [-0.39, 0.29) is 21.8 Å². The molecule has 3 rings (SSSR count). The number of anilines is 1. The molecule has 0 amide bonds. The molecule has 1 fully saturated rings. The highest BCUT2D eigenvalue weighted by molar-refractivity contribution is 7.71. The monoisotopic (exact) mass is 459 g/mol. The minimum absolute atomic E-state index is 0.0250. The standard InChI is InChI=1S/C10H15N5O10P2S/c11-10-13-7-4(8(28)14-10)12-2-15(7)9-6(17)5(16)3(24-9)1-23-27(21,22)25-26(18,19)20/h2-3,5-6,9,16-17H,1H2,(H,21,22)(H2,18,19,20)(H3,11,13,14,28)/t3-,5+,6?,9-/m1/s1. The van der Waals surface area contributed by atoms with Crippen molar-refractivity contribution in [3.8, 4) is 0 Å². The van der Waals surface area contributed by atoms with Crippen molar-refractivity contribution in [2.24, 2.45) is 0 Å². The molecule has 15 nitrogen and oxygen atoms in total. The molecule has 0 radical (unpaired) electrons. The number of phosphoric ester groups is 1. The number of H-pyrrole nitrogens is 1. The van der Waals surface area contributed by atoms with Crippen LogP contribution < -0.4 is 5.73 Å². The molecule has 0 aliphatic carbocycles. The first-order chi connectivity index (χ1) is 12.9. The molecule has 1 aliphatic heterocycles. The van der Waals surface area contributed by atoms with Crippen LogP contribution in [0.3, 0.4) is 0 Å². The van der Waals surface area contributed by atoms with E-state index in [9.17, 15) is 24.2 Å². The van der Waals surface area contributed by atoms with Gasteiger partial charge in [0.1, 0.15) is 29.5 Å². The molecule has 1 aliphatic rings. The third kappa shape index (κ3) is 4.48. The van der Waals surface area contributed by atoms with Crippen molar-refractivity contribution in [3.63, 3.8) is 0 Å². The summed E-state index contributed by atoms with van der Waals surface area (Å²) in [5, 5.41) is 20.4. The Morgan fingerprint density at radius 2 is 2.00 bits per heavy atom. The van der Waals surface area contributed by atoms with E-state index >= 15 is 0 Å².